The van der Waals surface area contributed by atoms with Crippen LogP contribution in [0.4, 0.5) is 10.8 Å². The number of nitrogens with two attached hydrogens (primary N) is 1. The van der Waals surface area contributed by atoms with Crippen LogP contribution in [0, 0.1) is 0 Å². The number of nitrogens with zero attached hydrogens (tertiary/aromatic N) is 2. The lowest BCUT2D eigenvalue weighted by molar-refractivity contribution is -0.113. The molecule has 0 fully saturated rings. The van der Waals surface area contributed by atoms with Crippen molar-refractivity contribution in [3.8, 4) is 0 Å². The molecule has 0 aliphatic rings. The van der Waals surface area contributed by atoms with E-state index >= 15 is 0 Å². The molecule has 100 valence electrons. The van der Waals surface area contributed by atoms with Gasteiger partial charge in [-0.15, -0.1) is 10.2 Å². The molecule has 2 aromatic rings. The molecule has 0 aliphatic carbocycles. The number of thioether (sulfide) groups is 1. The Labute approximate surface area is 127 Å². The molecule has 0 radical (unpaired) electrons. The average Bonchev–Trinajstić information content (AvgIpc) is 2.76. The number of carbonyl (C=O) groups is 1. The van der Waals surface area contributed by atoms with Gasteiger partial charge in [0.25, 0.3) is 0 Å². The summed E-state index contributed by atoms with van der Waals surface area (Å²) in [4.78, 5) is 11.7. The van der Waals surface area contributed by atoms with Crippen molar-refractivity contribution in [1.29, 1.82) is 0 Å². The molecule has 19 heavy (non-hydrogen) atoms. The van der Waals surface area contributed by atoms with E-state index < -0.39 is 0 Å². The number of rotatable bonds is 4. The molecule has 9 heteroatoms. The molecule has 1 aromatic carbocycles. The van der Waals surface area contributed by atoms with Gasteiger partial charge in [0.2, 0.25) is 11.0 Å². The van der Waals surface area contributed by atoms with Gasteiger partial charge in [0.15, 0.2) is 4.34 Å². The van der Waals surface area contributed by atoms with Crippen LogP contribution >= 0.6 is 46.3 Å². The maximum absolute atomic E-state index is 11.7. The predicted molar refractivity (Wildman–Crippen MR) is 80.1 cm³/mol. The van der Waals surface area contributed by atoms with Crippen LogP contribution < -0.4 is 11.1 Å². The monoisotopic (exact) mass is 334 g/mol. The lowest BCUT2D eigenvalue weighted by Gasteiger charge is -2.06. The summed E-state index contributed by atoms with van der Waals surface area (Å²) in [6.07, 6.45) is 0. The van der Waals surface area contributed by atoms with E-state index in [9.17, 15) is 4.79 Å². The summed E-state index contributed by atoms with van der Waals surface area (Å²) in [6, 6.07) is 4.87. The molecule has 1 amide bonds. The van der Waals surface area contributed by atoms with Gasteiger partial charge in [0, 0.05) is 5.02 Å². The first kappa shape index (κ1) is 14.4. The maximum atomic E-state index is 11.7. The maximum Gasteiger partial charge on any atom is 0.234 e. The molecule has 0 spiro atoms. The second-order valence-electron chi connectivity index (χ2n) is 3.37. The van der Waals surface area contributed by atoms with Crippen molar-refractivity contribution in [2.24, 2.45) is 0 Å². The SMILES string of the molecule is Nc1nnc(SCC(=O)Nc2ccc(Cl)cc2Cl)s1. The number of nitrogens with one attached hydrogen (secondary N) is 1. The highest BCUT2D eigenvalue weighted by molar-refractivity contribution is 8.01. The zero-order valence-electron chi connectivity index (χ0n) is 9.39. The fraction of sp³-hybridized carbons (Fsp3) is 0.100. The number of nitrogen functional groups attached to an aromatic ring is 1. The fourth-order valence-corrected chi connectivity index (χ4v) is 3.08. The minimum Gasteiger partial charge on any atom is -0.374 e. The molecule has 0 bridgehead atoms. The van der Waals surface area contributed by atoms with Crippen molar-refractivity contribution in [1.82, 2.24) is 10.2 Å². The number of hydrogen-bond acceptors (Lipinski definition) is 6. The second kappa shape index (κ2) is 6.42. The molecule has 1 heterocycles. The van der Waals surface area contributed by atoms with Crippen molar-refractivity contribution < 1.29 is 4.79 Å². The normalized spacial score (nSPS) is 10.4. The Morgan fingerprint density at radius 2 is 2.21 bits per heavy atom. The van der Waals surface area contributed by atoms with Crippen LogP contribution in [0.5, 0.6) is 0 Å². The Morgan fingerprint density at radius 3 is 2.84 bits per heavy atom. The quantitative estimate of drug-likeness (QED) is 0.839. The van der Waals surface area contributed by atoms with Gasteiger partial charge >= 0.3 is 0 Å². The van der Waals surface area contributed by atoms with Gasteiger partial charge in [-0.2, -0.15) is 0 Å². The number of benzene rings is 1. The van der Waals surface area contributed by atoms with Crippen LogP contribution in [-0.2, 0) is 4.79 Å². The van der Waals surface area contributed by atoms with E-state index in [0.29, 0.717) is 25.2 Å². The zero-order valence-corrected chi connectivity index (χ0v) is 12.5. The van der Waals surface area contributed by atoms with Crippen LogP contribution in [0.1, 0.15) is 0 Å². The van der Waals surface area contributed by atoms with Gasteiger partial charge in [0.1, 0.15) is 0 Å². The Morgan fingerprint density at radius 1 is 1.42 bits per heavy atom. The van der Waals surface area contributed by atoms with E-state index in [1.165, 1.54) is 23.1 Å². The number of aromatic nitrogens is 2. The summed E-state index contributed by atoms with van der Waals surface area (Å²) in [5.41, 5.74) is 5.97. The second-order valence-corrected chi connectivity index (χ2v) is 6.44. The van der Waals surface area contributed by atoms with Crippen molar-refractivity contribution in [3.05, 3.63) is 28.2 Å². The zero-order chi connectivity index (χ0) is 13.8. The van der Waals surface area contributed by atoms with Gasteiger partial charge in [-0.25, -0.2) is 0 Å². The van der Waals surface area contributed by atoms with Crippen LogP contribution in [0.2, 0.25) is 10.0 Å². The van der Waals surface area contributed by atoms with E-state index in [2.05, 4.69) is 15.5 Å². The molecule has 5 nitrogen and oxygen atoms in total. The van der Waals surface area contributed by atoms with Crippen LogP contribution in [0.15, 0.2) is 22.5 Å². The number of carbonyl (C=O) groups excluding carboxylic acids is 1. The van der Waals surface area contributed by atoms with E-state index in [4.69, 9.17) is 28.9 Å². The molecule has 1 aromatic heterocycles. The Hall–Kier alpha value is -1.02. The van der Waals surface area contributed by atoms with Gasteiger partial charge < -0.3 is 11.1 Å². The summed E-state index contributed by atoms with van der Waals surface area (Å²) < 4.78 is 0.648. The first-order chi connectivity index (χ1) is 9.04. The predicted octanol–water partition coefficient (Wildman–Crippen LogP) is 3.16. The topological polar surface area (TPSA) is 80.9 Å². The molecule has 0 aliphatic heterocycles. The molecule has 0 unspecified atom stereocenters. The Balaban J connectivity index is 1.90. The van der Waals surface area contributed by atoms with Crippen molar-refractivity contribution >= 4 is 63.0 Å². The summed E-state index contributed by atoms with van der Waals surface area (Å²) in [6.45, 7) is 0. The number of halogens is 2. The highest BCUT2D eigenvalue weighted by Gasteiger charge is 2.09. The number of anilines is 2. The minimum absolute atomic E-state index is 0.192. The van der Waals surface area contributed by atoms with Gasteiger partial charge in [-0.1, -0.05) is 46.3 Å². The van der Waals surface area contributed by atoms with Gasteiger partial charge in [0.05, 0.1) is 16.5 Å². The third-order valence-corrected chi connectivity index (χ3v) is 4.39. The molecular formula is C10H8Cl2N4OS2. The Kier molecular flexibility index (Phi) is 4.87. The van der Waals surface area contributed by atoms with Crippen molar-refractivity contribution in [2.45, 2.75) is 4.34 Å². The number of hydrogen-bond donors (Lipinski definition) is 2. The van der Waals surface area contributed by atoms with Crippen LogP contribution in [0.25, 0.3) is 0 Å². The fourth-order valence-electron chi connectivity index (χ4n) is 1.18. The minimum atomic E-state index is -0.192. The van der Waals surface area contributed by atoms with E-state index in [1.54, 1.807) is 18.2 Å². The smallest absolute Gasteiger partial charge is 0.234 e. The first-order valence-corrected chi connectivity index (χ1v) is 7.57. The van der Waals surface area contributed by atoms with E-state index in [1.807, 2.05) is 0 Å². The van der Waals surface area contributed by atoms with Crippen LogP contribution in [-0.4, -0.2) is 21.9 Å². The third kappa shape index (κ3) is 4.24. The summed E-state index contributed by atoms with van der Waals surface area (Å²) in [5, 5.41) is 11.4. The lowest BCUT2D eigenvalue weighted by Crippen LogP contribution is -2.14. The third-order valence-electron chi connectivity index (χ3n) is 1.95. The summed E-state index contributed by atoms with van der Waals surface area (Å²) in [7, 11) is 0. The Bertz CT molecular complexity index is 605. The summed E-state index contributed by atoms with van der Waals surface area (Å²) >= 11 is 14.2. The van der Waals surface area contributed by atoms with Crippen LogP contribution in [0.3, 0.4) is 0 Å². The van der Waals surface area contributed by atoms with Crippen molar-refractivity contribution in [2.75, 3.05) is 16.8 Å². The highest BCUT2D eigenvalue weighted by atomic mass is 35.5. The van der Waals surface area contributed by atoms with E-state index in [0.717, 1.165) is 0 Å². The highest BCUT2D eigenvalue weighted by Crippen LogP contribution is 2.26. The van der Waals surface area contributed by atoms with E-state index in [-0.39, 0.29) is 11.7 Å². The largest absolute Gasteiger partial charge is 0.374 e. The van der Waals surface area contributed by atoms with Gasteiger partial charge in [-0.05, 0) is 18.2 Å². The first-order valence-electron chi connectivity index (χ1n) is 5.01. The molecule has 3 N–H and O–H groups in total. The lowest BCUT2D eigenvalue weighted by atomic mass is 10.3. The molecule has 0 saturated carbocycles. The molecule has 2 rings (SSSR count). The average molecular weight is 335 g/mol. The summed E-state index contributed by atoms with van der Waals surface area (Å²) in [5.74, 6) is 0.0103. The number of amides is 1. The molecular weight excluding hydrogens is 327 g/mol. The molecule has 0 saturated heterocycles. The van der Waals surface area contributed by atoms with Crippen molar-refractivity contribution in [3.63, 3.8) is 0 Å². The van der Waals surface area contributed by atoms with Gasteiger partial charge in [-0.3, -0.25) is 4.79 Å². The standard InChI is InChI=1S/C10H8Cl2N4OS2/c11-5-1-2-7(6(12)3-5)14-8(17)4-18-10-16-15-9(13)19-10/h1-3H,4H2,(H2,13,15)(H,14,17). The molecule has 0 atom stereocenters.